The zero-order valence-corrected chi connectivity index (χ0v) is 52.0. The Balaban J connectivity index is 0.926. The van der Waals surface area contributed by atoms with Crippen LogP contribution in [-0.4, -0.2) is 161 Å². The van der Waals surface area contributed by atoms with Crippen LogP contribution in [0.15, 0.2) is 72.8 Å². The van der Waals surface area contributed by atoms with Crippen LogP contribution in [0.4, 0.5) is 27.2 Å². The molecule has 0 saturated carbocycles. The molecule has 9 amide bonds. The number of hydrogen-bond acceptors (Lipinski definition) is 17. The molecule has 2 unspecified atom stereocenters. The number of allylic oxidation sites excluding steroid dienone is 2. The summed E-state index contributed by atoms with van der Waals surface area (Å²) in [4.78, 5) is 117. The van der Waals surface area contributed by atoms with Gasteiger partial charge in [-0.05, 0) is 107 Å². The van der Waals surface area contributed by atoms with Crippen molar-refractivity contribution in [1.82, 2.24) is 59.1 Å². The maximum Gasteiger partial charge on any atom is 0.410 e. The summed E-state index contributed by atoms with van der Waals surface area (Å²) in [5, 5.41) is 22.7. The number of aryl methyl sites for hydroxylation is 4. The average Bonchev–Trinajstić information content (AvgIpc) is 1.65. The van der Waals surface area contributed by atoms with E-state index in [0.717, 1.165) is 0 Å². The molecule has 4 aromatic heterocycles. The van der Waals surface area contributed by atoms with Gasteiger partial charge in [-0.1, -0.05) is 38.1 Å². The standard InChI is InChI=1S/C61H79N19O11/c1-8-79-45(28-36(5)73-79)55(84)71-59-69-43-30-39(52(63)81)32-47(89-7)50(43)77(59)21-10-11-22-78-51-44(70-60(78)72-56(85)46-29-37(6)74-80(46)9-2)31-40(53(64)82)33-48(51)90-27-13-20-75-23-25-76(26-24-75)61(88)91-34-38-15-17-41(18-16-38)67-54(83)42(14-12-19-66-58(65)87)68-57(86)49(62)35(3)4/h10-11,15-18,28-33,35,42,49H,8-9,12-14,19-27,34,62H2,1-7H3,(H2,63,81)(H2,64,82)(H,67,83)(H,68,86)(H3,65,66,87)(H,69,71,84)(H,70,72,85)/b11-10+. The van der Waals surface area contributed by atoms with Crippen LogP contribution in [0.25, 0.3) is 22.1 Å². The average molecular weight is 1250 g/mol. The van der Waals surface area contributed by atoms with E-state index >= 15 is 0 Å². The van der Waals surface area contributed by atoms with Crippen molar-refractivity contribution in [2.45, 2.75) is 106 Å². The number of benzene rings is 3. The quantitative estimate of drug-likeness (QED) is 0.0236. The number of urea groups is 1. The van der Waals surface area contributed by atoms with Crippen molar-refractivity contribution in [3.63, 3.8) is 0 Å². The molecule has 1 aliphatic rings. The van der Waals surface area contributed by atoms with E-state index in [0.29, 0.717) is 115 Å². The second-order valence-corrected chi connectivity index (χ2v) is 22.1. The van der Waals surface area contributed by atoms with Gasteiger partial charge in [0.25, 0.3) is 11.8 Å². The minimum absolute atomic E-state index is 0.0176. The molecule has 0 radical (unpaired) electrons. The van der Waals surface area contributed by atoms with Crippen molar-refractivity contribution in [3.8, 4) is 11.5 Å². The lowest BCUT2D eigenvalue weighted by Gasteiger charge is -2.34. The maximum absolute atomic E-state index is 14.0. The Bertz CT molecular complexity index is 3860. The van der Waals surface area contributed by atoms with Crippen molar-refractivity contribution in [3.05, 3.63) is 112 Å². The van der Waals surface area contributed by atoms with E-state index in [9.17, 15) is 38.4 Å². The normalized spacial score (nSPS) is 13.3. The SMILES string of the molecule is CCn1nc(C)cc1C(=O)Nc1nc2cc(C(N)=O)cc(OC)c2n1C/C=C/Cn1c(NC(=O)c2cc(C)nn2CC)nc2cc(C(N)=O)cc(OCCCN3CCN(C(=O)OCc4ccc(NC(=O)C(CCCNC(N)=O)NC(=O)C(N)C(C)C)cc4)CC3)c21. The third kappa shape index (κ3) is 16.7. The van der Waals surface area contributed by atoms with Gasteiger partial charge < -0.3 is 67.1 Å². The van der Waals surface area contributed by atoms with Gasteiger partial charge in [0.2, 0.25) is 35.5 Å². The molecule has 1 fully saturated rings. The number of amides is 9. The Hall–Kier alpha value is -10.4. The zero-order valence-electron chi connectivity index (χ0n) is 52.0. The minimum atomic E-state index is -0.934. The van der Waals surface area contributed by atoms with Crippen LogP contribution < -0.4 is 59.0 Å². The van der Waals surface area contributed by atoms with Gasteiger partial charge in [0.1, 0.15) is 46.6 Å². The van der Waals surface area contributed by atoms with E-state index in [1.54, 1.807) is 87.5 Å². The van der Waals surface area contributed by atoms with Gasteiger partial charge in [0, 0.05) is 82.3 Å². The summed E-state index contributed by atoms with van der Waals surface area (Å²) in [6.07, 6.45) is 4.28. The van der Waals surface area contributed by atoms with Gasteiger partial charge in [0.15, 0.2) is 0 Å². The topological polar surface area (TPSA) is 406 Å². The number of nitrogens with zero attached hydrogens (tertiary/aromatic N) is 10. The van der Waals surface area contributed by atoms with Gasteiger partial charge in [-0.2, -0.15) is 10.2 Å². The van der Waals surface area contributed by atoms with Crippen LogP contribution in [0.3, 0.4) is 0 Å². The van der Waals surface area contributed by atoms with E-state index in [1.165, 1.54) is 31.4 Å². The van der Waals surface area contributed by atoms with Crippen LogP contribution in [0.2, 0.25) is 0 Å². The van der Waals surface area contributed by atoms with E-state index in [2.05, 4.69) is 41.7 Å². The van der Waals surface area contributed by atoms with E-state index < -0.39 is 59.7 Å². The first-order valence-corrected chi connectivity index (χ1v) is 29.9. The number of imidazole rings is 2. The molecular formula is C61H79N19O11. The molecule has 30 heteroatoms. The van der Waals surface area contributed by atoms with Gasteiger partial charge in [0.05, 0.1) is 42.2 Å². The number of ether oxygens (including phenoxy) is 3. The van der Waals surface area contributed by atoms with Crippen LogP contribution in [-0.2, 0) is 47.1 Å². The summed E-state index contributed by atoms with van der Waals surface area (Å²) in [6.45, 7) is 14.9. The summed E-state index contributed by atoms with van der Waals surface area (Å²) in [7, 11) is 1.45. The number of anilines is 3. The molecule has 7 aromatic rings. The largest absolute Gasteiger partial charge is 0.494 e. The molecule has 30 nitrogen and oxygen atoms in total. The number of rotatable bonds is 29. The molecule has 5 heterocycles. The Morgan fingerprint density at radius 1 is 0.681 bits per heavy atom. The molecule has 484 valence electrons. The Morgan fingerprint density at radius 2 is 1.22 bits per heavy atom. The highest BCUT2D eigenvalue weighted by Crippen LogP contribution is 2.33. The van der Waals surface area contributed by atoms with Crippen molar-refractivity contribution in [2.24, 2.45) is 28.9 Å². The number of carbonyl (C=O) groups is 8. The van der Waals surface area contributed by atoms with Gasteiger partial charge in [-0.3, -0.25) is 53.7 Å². The highest BCUT2D eigenvalue weighted by atomic mass is 16.6. The summed E-state index contributed by atoms with van der Waals surface area (Å²) in [5.41, 5.74) is 27.6. The molecule has 2 atom stereocenters. The number of nitrogens with two attached hydrogens (primary N) is 4. The predicted octanol–water partition coefficient (Wildman–Crippen LogP) is 3.98. The lowest BCUT2D eigenvalue weighted by atomic mass is 10.0. The number of aromatic nitrogens is 8. The summed E-state index contributed by atoms with van der Waals surface area (Å²) < 4.78 is 24.5. The molecular weight excluding hydrogens is 1170 g/mol. The molecule has 1 aliphatic heterocycles. The molecule has 8 rings (SSSR count). The Labute approximate surface area is 524 Å². The molecule has 0 bridgehead atoms. The molecule has 91 heavy (non-hydrogen) atoms. The van der Waals surface area contributed by atoms with Gasteiger partial charge in [-0.25, -0.2) is 19.6 Å². The van der Waals surface area contributed by atoms with Crippen molar-refractivity contribution in [2.75, 3.05) is 68.9 Å². The van der Waals surface area contributed by atoms with Crippen molar-refractivity contribution < 1.29 is 52.6 Å². The lowest BCUT2D eigenvalue weighted by molar-refractivity contribution is -0.128. The number of carbonyl (C=O) groups excluding carboxylic acids is 8. The lowest BCUT2D eigenvalue weighted by Crippen LogP contribution is -2.51. The molecule has 13 N–H and O–H groups in total. The summed E-state index contributed by atoms with van der Waals surface area (Å²) in [5.74, 6) is -2.64. The fourth-order valence-corrected chi connectivity index (χ4v) is 10.3. The number of piperazine rings is 1. The van der Waals surface area contributed by atoms with E-state index in [-0.39, 0.29) is 79.7 Å². The maximum atomic E-state index is 14.0. The minimum Gasteiger partial charge on any atom is -0.494 e. The highest BCUT2D eigenvalue weighted by molar-refractivity contribution is 6.06. The van der Waals surface area contributed by atoms with Crippen LogP contribution >= 0.6 is 0 Å². The first kappa shape index (κ1) is 66.6. The third-order valence-electron chi connectivity index (χ3n) is 15.2. The Kier molecular flexibility index (Phi) is 22.1. The molecule has 0 aliphatic carbocycles. The summed E-state index contributed by atoms with van der Waals surface area (Å²) in [6, 6.07) is 13.7. The third-order valence-corrected chi connectivity index (χ3v) is 15.2. The smallest absolute Gasteiger partial charge is 0.410 e. The van der Waals surface area contributed by atoms with Crippen LogP contribution in [0.1, 0.15) is 106 Å². The molecule has 3 aromatic carbocycles. The first-order valence-electron chi connectivity index (χ1n) is 29.9. The summed E-state index contributed by atoms with van der Waals surface area (Å²) >= 11 is 0. The van der Waals surface area contributed by atoms with E-state index in [1.807, 2.05) is 26.0 Å². The first-order chi connectivity index (χ1) is 43.5. The van der Waals surface area contributed by atoms with Crippen LogP contribution in [0, 0.1) is 19.8 Å². The fourth-order valence-electron chi connectivity index (χ4n) is 10.3. The van der Waals surface area contributed by atoms with Crippen LogP contribution in [0.5, 0.6) is 11.5 Å². The van der Waals surface area contributed by atoms with Gasteiger partial charge >= 0.3 is 12.1 Å². The molecule has 1 saturated heterocycles. The second-order valence-electron chi connectivity index (χ2n) is 22.1. The predicted molar refractivity (Wildman–Crippen MR) is 338 cm³/mol. The number of hydrogen-bond donors (Lipinski definition) is 9. The van der Waals surface area contributed by atoms with Crippen molar-refractivity contribution in [1.29, 1.82) is 0 Å². The number of primary amides is 3. The highest BCUT2D eigenvalue weighted by Gasteiger charge is 2.28. The number of fused-ring (bicyclic) bond motifs is 2. The Morgan fingerprint density at radius 3 is 1.73 bits per heavy atom. The monoisotopic (exact) mass is 1250 g/mol. The zero-order chi connectivity index (χ0) is 65.6. The molecule has 0 spiro atoms. The van der Waals surface area contributed by atoms with Gasteiger partial charge in [-0.15, -0.1) is 0 Å². The second kappa shape index (κ2) is 30.2. The van der Waals surface area contributed by atoms with Crippen molar-refractivity contribution >= 4 is 87.2 Å². The number of nitrogens with one attached hydrogen (secondary N) is 5. The number of methoxy groups -OCH3 is 1. The van der Waals surface area contributed by atoms with E-state index in [4.69, 9.17) is 47.1 Å². The fraction of sp³-hybridized carbons (Fsp3) is 0.410.